The minimum absolute atomic E-state index is 0.647. The highest BCUT2D eigenvalue weighted by molar-refractivity contribution is 7.98. The zero-order valence-electron chi connectivity index (χ0n) is 10.6. The third-order valence-electron chi connectivity index (χ3n) is 2.68. The third-order valence-corrected chi connectivity index (χ3v) is 3.74. The van der Waals surface area contributed by atoms with E-state index in [1.54, 1.807) is 24.9 Å². The van der Waals surface area contributed by atoms with Gasteiger partial charge in [-0.05, 0) is 42.5 Å². The van der Waals surface area contributed by atoms with Gasteiger partial charge in [-0.2, -0.15) is 5.26 Å². The minimum atomic E-state index is 0.647. The summed E-state index contributed by atoms with van der Waals surface area (Å²) in [6, 6.07) is 15.3. The molecule has 0 aliphatic carbocycles. The number of methoxy groups -OCH3 is 1. The van der Waals surface area contributed by atoms with Crippen molar-refractivity contribution in [1.82, 2.24) is 0 Å². The van der Waals surface area contributed by atoms with Crippen LogP contribution < -0.4 is 10.5 Å². The maximum absolute atomic E-state index is 8.93. The molecule has 0 saturated heterocycles. The lowest BCUT2D eigenvalue weighted by molar-refractivity contribution is 0.411. The number of thioether (sulfide) groups is 1. The molecule has 2 aromatic carbocycles. The van der Waals surface area contributed by atoms with E-state index in [1.807, 2.05) is 36.4 Å². The highest BCUT2D eigenvalue weighted by Crippen LogP contribution is 2.29. The summed E-state index contributed by atoms with van der Waals surface area (Å²) in [4.78, 5) is 1.14. The summed E-state index contributed by atoms with van der Waals surface area (Å²) in [6.45, 7) is 0. The van der Waals surface area contributed by atoms with Gasteiger partial charge < -0.3 is 10.5 Å². The van der Waals surface area contributed by atoms with Crippen molar-refractivity contribution in [2.24, 2.45) is 0 Å². The molecule has 4 heteroatoms. The largest absolute Gasteiger partial charge is 0.496 e. The van der Waals surface area contributed by atoms with Gasteiger partial charge in [0.05, 0.1) is 18.7 Å². The first-order valence-electron chi connectivity index (χ1n) is 5.78. The second-order valence-corrected chi connectivity index (χ2v) is 5.04. The lowest BCUT2D eigenvalue weighted by atomic mass is 10.1. The number of anilines is 1. The maximum Gasteiger partial charge on any atom is 0.122 e. The van der Waals surface area contributed by atoms with Crippen LogP contribution in [-0.2, 0) is 5.75 Å². The monoisotopic (exact) mass is 270 g/mol. The molecule has 0 aliphatic rings. The molecule has 3 nitrogen and oxygen atoms in total. The first kappa shape index (κ1) is 13.3. The average molecular weight is 270 g/mol. The zero-order chi connectivity index (χ0) is 13.7. The average Bonchev–Trinajstić information content (AvgIpc) is 2.46. The maximum atomic E-state index is 8.93. The molecule has 0 aliphatic heterocycles. The molecule has 0 saturated carbocycles. The van der Waals surface area contributed by atoms with Crippen LogP contribution in [0, 0.1) is 11.3 Å². The Labute approximate surface area is 117 Å². The molecule has 2 aromatic rings. The number of nitrogens with two attached hydrogens (primary N) is 1. The number of nitrogen functional groups attached to an aromatic ring is 1. The number of hydrogen-bond acceptors (Lipinski definition) is 4. The van der Waals surface area contributed by atoms with E-state index in [0.29, 0.717) is 5.56 Å². The van der Waals surface area contributed by atoms with Crippen LogP contribution in [0.5, 0.6) is 5.75 Å². The van der Waals surface area contributed by atoms with E-state index in [2.05, 4.69) is 6.07 Å². The summed E-state index contributed by atoms with van der Waals surface area (Å²) >= 11 is 1.69. The van der Waals surface area contributed by atoms with Crippen LogP contribution in [0.1, 0.15) is 11.1 Å². The van der Waals surface area contributed by atoms with Gasteiger partial charge >= 0.3 is 0 Å². The molecule has 0 aromatic heterocycles. The number of nitrogens with zero attached hydrogens (tertiary/aromatic N) is 1. The van der Waals surface area contributed by atoms with Crippen molar-refractivity contribution in [2.75, 3.05) is 12.8 Å². The van der Waals surface area contributed by atoms with Crippen molar-refractivity contribution in [2.45, 2.75) is 10.6 Å². The van der Waals surface area contributed by atoms with Crippen LogP contribution in [0.15, 0.2) is 47.4 Å². The molecule has 0 heterocycles. The van der Waals surface area contributed by atoms with Gasteiger partial charge in [0.25, 0.3) is 0 Å². The Balaban J connectivity index is 2.14. The van der Waals surface area contributed by atoms with E-state index in [-0.39, 0.29) is 0 Å². The van der Waals surface area contributed by atoms with Crippen molar-refractivity contribution in [3.8, 4) is 11.8 Å². The summed E-state index contributed by atoms with van der Waals surface area (Å²) in [5.41, 5.74) is 8.07. The fourth-order valence-electron chi connectivity index (χ4n) is 1.69. The highest BCUT2D eigenvalue weighted by atomic mass is 32.2. The van der Waals surface area contributed by atoms with Gasteiger partial charge in [-0.3, -0.25) is 0 Å². The van der Waals surface area contributed by atoms with Crippen molar-refractivity contribution in [3.63, 3.8) is 0 Å². The Morgan fingerprint density at radius 1 is 1.21 bits per heavy atom. The number of rotatable bonds is 4. The zero-order valence-corrected chi connectivity index (χ0v) is 11.4. The highest BCUT2D eigenvalue weighted by Gasteiger charge is 2.05. The Morgan fingerprint density at radius 2 is 1.95 bits per heavy atom. The molecule has 0 atom stereocenters. The predicted molar refractivity (Wildman–Crippen MR) is 78.1 cm³/mol. The van der Waals surface area contributed by atoms with Gasteiger partial charge in [-0.25, -0.2) is 0 Å². The topological polar surface area (TPSA) is 59.0 Å². The SMILES string of the molecule is COc1ccc(C#N)cc1CSc1ccc(N)cc1. The van der Waals surface area contributed by atoms with Crippen LogP contribution in [0.25, 0.3) is 0 Å². The van der Waals surface area contributed by atoms with Crippen LogP contribution in [0.3, 0.4) is 0 Å². The Kier molecular flexibility index (Phi) is 4.32. The lowest BCUT2D eigenvalue weighted by Gasteiger charge is -2.08. The van der Waals surface area contributed by atoms with Gasteiger partial charge in [0, 0.05) is 21.9 Å². The first-order valence-corrected chi connectivity index (χ1v) is 6.77. The van der Waals surface area contributed by atoms with E-state index in [0.717, 1.165) is 27.6 Å². The van der Waals surface area contributed by atoms with E-state index >= 15 is 0 Å². The van der Waals surface area contributed by atoms with Crippen molar-refractivity contribution >= 4 is 17.4 Å². The summed E-state index contributed by atoms with van der Waals surface area (Å²) < 4.78 is 5.31. The molecule has 96 valence electrons. The van der Waals surface area contributed by atoms with Gasteiger partial charge in [0.2, 0.25) is 0 Å². The normalized spacial score (nSPS) is 9.89. The molecule has 2 N–H and O–H groups in total. The second-order valence-electron chi connectivity index (χ2n) is 4.00. The number of nitriles is 1. The molecule has 0 fully saturated rings. The number of ether oxygens (including phenoxy) is 1. The lowest BCUT2D eigenvalue weighted by Crippen LogP contribution is -1.91. The number of benzene rings is 2. The van der Waals surface area contributed by atoms with Crippen LogP contribution >= 0.6 is 11.8 Å². The Bertz CT molecular complexity index is 603. The Morgan fingerprint density at radius 3 is 2.58 bits per heavy atom. The first-order chi connectivity index (χ1) is 9.22. The smallest absolute Gasteiger partial charge is 0.122 e. The molecule has 0 unspecified atom stereocenters. The summed E-state index contributed by atoms with van der Waals surface area (Å²) in [5.74, 6) is 1.56. The van der Waals surface area contributed by atoms with Gasteiger partial charge in [0.15, 0.2) is 0 Å². The minimum Gasteiger partial charge on any atom is -0.496 e. The molecule has 0 spiro atoms. The van der Waals surface area contributed by atoms with E-state index in [1.165, 1.54) is 0 Å². The third kappa shape index (κ3) is 3.43. The molecule has 2 rings (SSSR count). The molecule has 0 bridgehead atoms. The molecular formula is C15H14N2OS. The number of hydrogen-bond donors (Lipinski definition) is 1. The van der Waals surface area contributed by atoms with Crippen molar-refractivity contribution < 1.29 is 4.74 Å². The van der Waals surface area contributed by atoms with Crippen LogP contribution in [0.4, 0.5) is 5.69 Å². The Hall–Kier alpha value is -2.12. The quantitative estimate of drug-likeness (QED) is 0.683. The molecule has 0 radical (unpaired) electrons. The second kappa shape index (κ2) is 6.17. The summed E-state index contributed by atoms with van der Waals surface area (Å²) in [6.07, 6.45) is 0. The fourth-order valence-corrected chi connectivity index (χ4v) is 2.56. The van der Waals surface area contributed by atoms with E-state index < -0.39 is 0 Å². The summed E-state index contributed by atoms with van der Waals surface area (Å²) in [5, 5.41) is 8.93. The molecular weight excluding hydrogens is 256 g/mol. The molecule has 0 amide bonds. The van der Waals surface area contributed by atoms with E-state index in [4.69, 9.17) is 15.7 Å². The van der Waals surface area contributed by atoms with E-state index in [9.17, 15) is 0 Å². The fraction of sp³-hybridized carbons (Fsp3) is 0.133. The van der Waals surface area contributed by atoms with Crippen LogP contribution in [0.2, 0.25) is 0 Å². The van der Waals surface area contributed by atoms with Crippen molar-refractivity contribution in [1.29, 1.82) is 5.26 Å². The van der Waals surface area contributed by atoms with Gasteiger partial charge in [0.1, 0.15) is 5.75 Å². The van der Waals surface area contributed by atoms with Crippen molar-refractivity contribution in [3.05, 3.63) is 53.6 Å². The van der Waals surface area contributed by atoms with Gasteiger partial charge in [-0.15, -0.1) is 11.8 Å². The summed E-state index contributed by atoms with van der Waals surface area (Å²) in [7, 11) is 1.64. The standard InChI is InChI=1S/C15H14N2OS/c1-18-15-7-2-11(9-16)8-12(15)10-19-14-5-3-13(17)4-6-14/h2-8H,10,17H2,1H3. The predicted octanol–water partition coefficient (Wildman–Crippen LogP) is 3.44. The van der Waals surface area contributed by atoms with Crippen LogP contribution in [-0.4, -0.2) is 7.11 Å². The van der Waals surface area contributed by atoms with Gasteiger partial charge in [-0.1, -0.05) is 0 Å². The molecule has 19 heavy (non-hydrogen) atoms.